The van der Waals surface area contributed by atoms with Crippen molar-refractivity contribution in [2.24, 2.45) is 5.92 Å². The molecule has 0 fully saturated rings. The standard InChI is InChI=1S/C13H21O4P/c1-12(8-15-11-14-2)9-16-18-17-10-13-6-4-3-5-7-13/h3-7,12,18H,8-11H2,1-2H3. The summed E-state index contributed by atoms with van der Waals surface area (Å²) in [6.45, 7) is 4.26. The second kappa shape index (κ2) is 10.4. The van der Waals surface area contributed by atoms with Crippen molar-refractivity contribution in [2.45, 2.75) is 13.5 Å². The van der Waals surface area contributed by atoms with Crippen molar-refractivity contribution in [1.29, 1.82) is 0 Å². The Hall–Kier alpha value is -0.510. The summed E-state index contributed by atoms with van der Waals surface area (Å²) in [7, 11) is 1.68. The summed E-state index contributed by atoms with van der Waals surface area (Å²) in [5.74, 6) is 0.341. The van der Waals surface area contributed by atoms with Gasteiger partial charge < -0.3 is 18.5 Å². The summed E-state index contributed by atoms with van der Waals surface area (Å²) >= 11 is 0. The zero-order valence-electron chi connectivity index (χ0n) is 10.9. The van der Waals surface area contributed by atoms with Gasteiger partial charge in [0.05, 0.1) is 19.8 Å². The number of rotatable bonds is 10. The normalized spacial score (nSPS) is 13.2. The van der Waals surface area contributed by atoms with Gasteiger partial charge in [0, 0.05) is 13.0 Å². The topological polar surface area (TPSA) is 36.9 Å². The van der Waals surface area contributed by atoms with Crippen LogP contribution in [0, 0.1) is 5.92 Å². The van der Waals surface area contributed by atoms with Gasteiger partial charge in [-0.3, -0.25) is 0 Å². The Bertz CT molecular complexity index is 294. The summed E-state index contributed by atoms with van der Waals surface area (Å²) < 4.78 is 20.9. The van der Waals surface area contributed by atoms with Gasteiger partial charge in [-0.05, 0) is 5.56 Å². The highest BCUT2D eigenvalue weighted by molar-refractivity contribution is 7.26. The van der Waals surface area contributed by atoms with E-state index in [1.807, 2.05) is 30.3 Å². The minimum absolute atomic E-state index is 0.0691. The van der Waals surface area contributed by atoms with Gasteiger partial charge in [-0.2, -0.15) is 0 Å². The van der Waals surface area contributed by atoms with Gasteiger partial charge in [0.1, 0.15) is 6.79 Å². The van der Waals surface area contributed by atoms with Gasteiger partial charge >= 0.3 is 0 Å². The fraction of sp³-hybridized carbons (Fsp3) is 0.538. The van der Waals surface area contributed by atoms with E-state index >= 15 is 0 Å². The Balaban J connectivity index is 1.95. The first-order chi connectivity index (χ1) is 8.83. The fourth-order valence-corrected chi connectivity index (χ4v) is 1.95. The maximum absolute atomic E-state index is 5.44. The Labute approximate surface area is 111 Å². The molecule has 5 heteroatoms. The number of ether oxygens (including phenoxy) is 2. The second-order valence-electron chi connectivity index (χ2n) is 4.05. The summed E-state index contributed by atoms with van der Waals surface area (Å²) in [5, 5.41) is 0. The largest absolute Gasteiger partial charge is 0.359 e. The molecule has 1 rings (SSSR count). The smallest absolute Gasteiger partial charge is 0.155 e. The molecule has 0 saturated carbocycles. The van der Waals surface area contributed by atoms with Gasteiger partial charge in [0.2, 0.25) is 0 Å². The molecule has 0 spiro atoms. The maximum Gasteiger partial charge on any atom is 0.155 e. The van der Waals surface area contributed by atoms with E-state index in [0.717, 1.165) is 5.56 Å². The van der Waals surface area contributed by atoms with Crippen LogP contribution in [0.15, 0.2) is 30.3 Å². The second-order valence-corrected chi connectivity index (χ2v) is 4.80. The van der Waals surface area contributed by atoms with E-state index in [4.69, 9.17) is 18.5 Å². The third-order valence-corrected chi connectivity index (χ3v) is 2.72. The molecule has 0 bridgehead atoms. The van der Waals surface area contributed by atoms with Crippen molar-refractivity contribution in [3.05, 3.63) is 35.9 Å². The lowest BCUT2D eigenvalue weighted by atomic mass is 10.2. The molecule has 0 aliphatic rings. The van der Waals surface area contributed by atoms with Crippen molar-refractivity contribution >= 4 is 9.03 Å². The molecule has 0 N–H and O–H groups in total. The van der Waals surface area contributed by atoms with E-state index in [2.05, 4.69) is 6.92 Å². The molecule has 0 aromatic heterocycles. The molecule has 4 nitrogen and oxygen atoms in total. The minimum atomic E-state index is 0.0691. The maximum atomic E-state index is 5.44. The van der Waals surface area contributed by atoms with Gasteiger partial charge in [0.15, 0.2) is 9.03 Å². The molecule has 0 aliphatic heterocycles. The molecule has 2 atom stereocenters. The lowest BCUT2D eigenvalue weighted by Crippen LogP contribution is -2.12. The highest BCUT2D eigenvalue weighted by atomic mass is 31.1. The van der Waals surface area contributed by atoms with Gasteiger partial charge in [-0.1, -0.05) is 37.3 Å². The van der Waals surface area contributed by atoms with Crippen LogP contribution in [-0.2, 0) is 25.1 Å². The van der Waals surface area contributed by atoms with Crippen molar-refractivity contribution in [1.82, 2.24) is 0 Å². The predicted octanol–water partition coefficient (Wildman–Crippen LogP) is 2.98. The molecule has 102 valence electrons. The summed E-state index contributed by atoms with van der Waals surface area (Å²) in [6.07, 6.45) is 0. The van der Waals surface area contributed by atoms with Crippen molar-refractivity contribution in [2.75, 3.05) is 27.1 Å². The monoisotopic (exact) mass is 272 g/mol. The average Bonchev–Trinajstić information content (AvgIpc) is 2.40. The van der Waals surface area contributed by atoms with E-state index in [9.17, 15) is 0 Å². The summed E-state index contributed by atoms with van der Waals surface area (Å²) in [4.78, 5) is 0. The highest BCUT2D eigenvalue weighted by Gasteiger charge is 2.02. The first-order valence-electron chi connectivity index (χ1n) is 5.92. The molecular formula is C13H21O4P. The minimum Gasteiger partial charge on any atom is -0.359 e. The molecule has 1 aromatic rings. The SMILES string of the molecule is COCOCC(C)COPOCc1ccccc1. The van der Waals surface area contributed by atoms with E-state index in [1.165, 1.54) is 0 Å². The van der Waals surface area contributed by atoms with Crippen LogP contribution >= 0.6 is 9.03 Å². The van der Waals surface area contributed by atoms with Gasteiger partial charge in [0.25, 0.3) is 0 Å². The molecule has 2 unspecified atom stereocenters. The van der Waals surface area contributed by atoms with E-state index in [0.29, 0.717) is 32.5 Å². The van der Waals surface area contributed by atoms with Crippen LogP contribution in [0.3, 0.4) is 0 Å². The Kier molecular flexibility index (Phi) is 9.00. The molecule has 0 saturated heterocycles. The molecule has 1 aromatic carbocycles. The molecule has 0 heterocycles. The van der Waals surface area contributed by atoms with Crippen molar-refractivity contribution < 1.29 is 18.5 Å². The van der Waals surface area contributed by atoms with E-state index in [-0.39, 0.29) is 9.03 Å². The summed E-state index contributed by atoms with van der Waals surface area (Å²) in [6, 6.07) is 10.1. The van der Waals surface area contributed by atoms with Crippen LogP contribution in [0.4, 0.5) is 0 Å². The Morgan fingerprint density at radius 3 is 2.61 bits per heavy atom. The number of methoxy groups -OCH3 is 1. The molecule has 0 amide bonds. The first-order valence-corrected chi connectivity index (χ1v) is 6.73. The zero-order valence-corrected chi connectivity index (χ0v) is 11.9. The van der Waals surface area contributed by atoms with E-state index in [1.54, 1.807) is 7.11 Å². The number of benzene rings is 1. The van der Waals surface area contributed by atoms with Crippen LogP contribution in [0.1, 0.15) is 12.5 Å². The molecule has 0 radical (unpaired) electrons. The predicted molar refractivity (Wildman–Crippen MR) is 72.5 cm³/mol. The third-order valence-electron chi connectivity index (χ3n) is 2.17. The number of hydrogen-bond donors (Lipinski definition) is 0. The van der Waals surface area contributed by atoms with Gasteiger partial charge in [-0.15, -0.1) is 0 Å². The molecular weight excluding hydrogens is 251 g/mol. The van der Waals surface area contributed by atoms with Crippen molar-refractivity contribution in [3.63, 3.8) is 0 Å². The highest BCUT2D eigenvalue weighted by Crippen LogP contribution is 2.18. The van der Waals surface area contributed by atoms with Crippen LogP contribution in [0.5, 0.6) is 0 Å². The van der Waals surface area contributed by atoms with Gasteiger partial charge in [-0.25, -0.2) is 0 Å². The summed E-state index contributed by atoms with van der Waals surface area (Å²) in [5.41, 5.74) is 1.16. The molecule has 18 heavy (non-hydrogen) atoms. The molecule has 0 aliphatic carbocycles. The fourth-order valence-electron chi connectivity index (χ4n) is 1.29. The lowest BCUT2D eigenvalue weighted by Gasteiger charge is -2.11. The lowest BCUT2D eigenvalue weighted by molar-refractivity contribution is -0.0453. The van der Waals surface area contributed by atoms with Crippen LogP contribution in [-0.4, -0.2) is 27.1 Å². The zero-order chi connectivity index (χ0) is 13.1. The quantitative estimate of drug-likeness (QED) is 0.373. The van der Waals surface area contributed by atoms with Crippen molar-refractivity contribution in [3.8, 4) is 0 Å². The third kappa shape index (κ3) is 7.75. The Morgan fingerprint density at radius 1 is 1.11 bits per heavy atom. The van der Waals surface area contributed by atoms with Crippen LogP contribution in [0.2, 0.25) is 0 Å². The Morgan fingerprint density at radius 2 is 1.89 bits per heavy atom. The average molecular weight is 272 g/mol. The van der Waals surface area contributed by atoms with Crippen LogP contribution in [0.25, 0.3) is 0 Å². The first kappa shape index (κ1) is 15.5. The van der Waals surface area contributed by atoms with Crippen LogP contribution < -0.4 is 0 Å². The number of hydrogen-bond acceptors (Lipinski definition) is 4. The van der Waals surface area contributed by atoms with E-state index < -0.39 is 0 Å².